The van der Waals surface area contributed by atoms with Gasteiger partial charge in [0.05, 0.1) is 5.56 Å². The molecule has 1 N–H and O–H groups in total. The summed E-state index contributed by atoms with van der Waals surface area (Å²) in [6.45, 7) is 2.27. The fraction of sp³-hybridized carbons (Fsp3) is 0.300. The normalized spacial score (nSPS) is 16.2. The largest absolute Gasteiger partial charge is 0.298 e. The van der Waals surface area contributed by atoms with Gasteiger partial charge in [0.1, 0.15) is 0 Å². The van der Waals surface area contributed by atoms with Gasteiger partial charge in [0, 0.05) is 37.8 Å². The van der Waals surface area contributed by atoms with E-state index in [-0.39, 0.29) is 5.91 Å². The molecule has 0 saturated carbocycles. The molecular formula is C20H18Cl2N2OS2. The van der Waals surface area contributed by atoms with E-state index in [9.17, 15) is 4.79 Å². The fourth-order valence-electron chi connectivity index (χ4n) is 3.35. The molecule has 1 aliphatic rings. The number of fused-ring (bicyclic) bond motifs is 1. The van der Waals surface area contributed by atoms with Crippen LogP contribution in [-0.2, 0) is 19.3 Å². The summed E-state index contributed by atoms with van der Waals surface area (Å²) in [5.41, 5.74) is 2.97. The maximum absolute atomic E-state index is 12.7. The molecule has 1 unspecified atom stereocenters. The van der Waals surface area contributed by atoms with Crippen molar-refractivity contribution in [3.8, 4) is 0 Å². The third-order valence-electron chi connectivity index (χ3n) is 4.79. The number of benzene rings is 1. The Morgan fingerprint density at radius 2 is 2.22 bits per heavy atom. The first-order chi connectivity index (χ1) is 13.0. The first-order valence-electron chi connectivity index (χ1n) is 8.79. The summed E-state index contributed by atoms with van der Waals surface area (Å²) in [5, 5.41) is 6.88. The van der Waals surface area contributed by atoms with Crippen molar-refractivity contribution in [2.75, 3.05) is 5.32 Å². The maximum atomic E-state index is 12.7. The van der Waals surface area contributed by atoms with Gasteiger partial charge in [-0.3, -0.25) is 10.1 Å². The number of thiazole rings is 1. The number of anilines is 1. The van der Waals surface area contributed by atoms with E-state index in [0.29, 0.717) is 27.5 Å². The molecule has 0 bridgehead atoms. The van der Waals surface area contributed by atoms with E-state index in [1.807, 2.05) is 11.4 Å². The second kappa shape index (κ2) is 7.92. The molecule has 2 heterocycles. The van der Waals surface area contributed by atoms with E-state index in [1.54, 1.807) is 29.7 Å². The molecule has 3 aromatic rings. The number of halogens is 2. The lowest BCUT2D eigenvalue weighted by atomic mass is 9.88. The molecule has 1 aliphatic carbocycles. The first kappa shape index (κ1) is 18.9. The molecule has 3 nitrogen and oxygen atoms in total. The molecule has 1 atom stereocenters. The molecule has 0 fully saturated rings. The third-order valence-corrected chi connectivity index (χ3v) is 7.36. The molecule has 27 heavy (non-hydrogen) atoms. The Morgan fingerprint density at radius 1 is 1.37 bits per heavy atom. The van der Waals surface area contributed by atoms with E-state index < -0.39 is 0 Å². The predicted molar refractivity (Wildman–Crippen MR) is 115 cm³/mol. The molecular weight excluding hydrogens is 419 g/mol. The van der Waals surface area contributed by atoms with E-state index >= 15 is 0 Å². The van der Waals surface area contributed by atoms with Gasteiger partial charge in [-0.05, 0) is 54.5 Å². The summed E-state index contributed by atoms with van der Waals surface area (Å²) in [7, 11) is 0. The van der Waals surface area contributed by atoms with Crippen molar-refractivity contribution in [1.82, 2.24) is 4.98 Å². The average Bonchev–Trinajstić information content (AvgIpc) is 3.24. The average molecular weight is 437 g/mol. The molecule has 2 aromatic heterocycles. The van der Waals surface area contributed by atoms with E-state index in [2.05, 4.69) is 17.2 Å². The number of thiophene rings is 1. The predicted octanol–water partition coefficient (Wildman–Crippen LogP) is 6.48. The van der Waals surface area contributed by atoms with Gasteiger partial charge in [0.2, 0.25) is 0 Å². The van der Waals surface area contributed by atoms with Crippen molar-refractivity contribution in [2.24, 2.45) is 5.92 Å². The lowest BCUT2D eigenvalue weighted by Crippen LogP contribution is -2.16. The van der Waals surface area contributed by atoms with Crippen molar-refractivity contribution in [3.05, 3.63) is 66.3 Å². The van der Waals surface area contributed by atoms with Crippen LogP contribution in [0.15, 0.2) is 29.8 Å². The second-order valence-electron chi connectivity index (χ2n) is 6.90. The first-order valence-corrected chi connectivity index (χ1v) is 11.2. The summed E-state index contributed by atoms with van der Waals surface area (Å²) < 4.78 is 0. The van der Waals surface area contributed by atoms with Gasteiger partial charge < -0.3 is 0 Å². The lowest BCUT2D eigenvalue weighted by molar-refractivity contribution is 0.102. The van der Waals surface area contributed by atoms with Crippen LogP contribution in [0.1, 0.15) is 44.6 Å². The summed E-state index contributed by atoms with van der Waals surface area (Å²) in [6, 6.07) is 5.43. The molecule has 7 heteroatoms. The van der Waals surface area contributed by atoms with Crippen LogP contribution in [0.2, 0.25) is 10.0 Å². The molecule has 0 radical (unpaired) electrons. The highest BCUT2D eigenvalue weighted by molar-refractivity contribution is 7.15. The SMILES string of the molecule is CC1CCc2c(C(=O)Nc3ncc(Cc4cc(Cl)ccc4Cl)s3)csc2C1. The van der Waals surface area contributed by atoms with Crippen molar-refractivity contribution in [3.63, 3.8) is 0 Å². The topological polar surface area (TPSA) is 42.0 Å². The van der Waals surface area contributed by atoms with Crippen LogP contribution >= 0.6 is 45.9 Å². The molecule has 0 saturated heterocycles. The van der Waals surface area contributed by atoms with Crippen molar-refractivity contribution >= 4 is 56.9 Å². The minimum absolute atomic E-state index is 0.0660. The molecule has 4 rings (SSSR count). The van der Waals surface area contributed by atoms with Gasteiger partial charge in [0.15, 0.2) is 5.13 Å². The van der Waals surface area contributed by atoms with Crippen LogP contribution < -0.4 is 5.32 Å². The molecule has 0 spiro atoms. The number of carbonyl (C=O) groups is 1. The van der Waals surface area contributed by atoms with Crippen LogP contribution in [0.3, 0.4) is 0 Å². The van der Waals surface area contributed by atoms with Crippen LogP contribution in [0.25, 0.3) is 0 Å². The Balaban J connectivity index is 1.47. The van der Waals surface area contributed by atoms with Crippen LogP contribution in [0.5, 0.6) is 0 Å². The van der Waals surface area contributed by atoms with E-state index in [1.165, 1.54) is 21.8 Å². The standard InChI is InChI=1S/C20H18Cl2N2OS2/c1-11-2-4-15-16(10-26-18(15)6-11)19(25)24-20-23-9-14(27-20)8-12-7-13(21)3-5-17(12)22/h3,5,7,9-11H,2,4,6,8H2,1H3,(H,23,24,25). The Bertz CT molecular complexity index is 996. The van der Waals surface area contributed by atoms with Crippen LogP contribution in [0.4, 0.5) is 5.13 Å². The molecule has 140 valence electrons. The number of rotatable bonds is 4. The maximum Gasteiger partial charge on any atom is 0.258 e. The lowest BCUT2D eigenvalue weighted by Gasteiger charge is -2.18. The van der Waals surface area contributed by atoms with Crippen molar-refractivity contribution in [2.45, 2.75) is 32.6 Å². The van der Waals surface area contributed by atoms with Gasteiger partial charge in [-0.2, -0.15) is 0 Å². The highest BCUT2D eigenvalue weighted by Crippen LogP contribution is 2.33. The van der Waals surface area contributed by atoms with Gasteiger partial charge >= 0.3 is 0 Å². The smallest absolute Gasteiger partial charge is 0.258 e. The minimum atomic E-state index is -0.0660. The van der Waals surface area contributed by atoms with Crippen LogP contribution in [0, 0.1) is 5.92 Å². The monoisotopic (exact) mass is 436 g/mol. The number of nitrogens with zero attached hydrogens (tertiary/aromatic N) is 1. The number of nitrogens with one attached hydrogen (secondary N) is 1. The summed E-state index contributed by atoms with van der Waals surface area (Å²) in [6.07, 6.45) is 5.63. The summed E-state index contributed by atoms with van der Waals surface area (Å²) >= 11 is 15.5. The number of aromatic nitrogens is 1. The Kier molecular flexibility index (Phi) is 5.55. The number of carbonyl (C=O) groups excluding carboxylic acids is 1. The third kappa shape index (κ3) is 4.21. The summed E-state index contributed by atoms with van der Waals surface area (Å²) in [4.78, 5) is 19.5. The fourth-order valence-corrected chi connectivity index (χ4v) is 5.80. The van der Waals surface area contributed by atoms with E-state index in [4.69, 9.17) is 23.2 Å². The zero-order valence-electron chi connectivity index (χ0n) is 14.7. The van der Waals surface area contributed by atoms with Gasteiger partial charge in [0.25, 0.3) is 5.91 Å². The molecule has 1 amide bonds. The molecule has 0 aliphatic heterocycles. The van der Waals surface area contributed by atoms with Gasteiger partial charge in [-0.15, -0.1) is 22.7 Å². The van der Waals surface area contributed by atoms with E-state index in [0.717, 1.165) is 35.3 Å². The summed E-state index contributed by atoms with van der Waals surface area (Å²) in [5.74, 6) is 0.635. The Labute approximate surface area is 176 Å². The molecule has 1 aromatic carbocycles. The second-order valence-corrected chi connectivity index (χ2v) is 9.82. The zero-order valence-corrected chi connectivity index (χ0v) is 17.9. The quantitative estimate of drug-likeness (QED) is 0.508. The Hall–Kier alpha value is -1.40. The number of hydrogen-bond donors (Lipinski definition) is 1. The van der Waals surface area contributed by atoms with Gasteiger partial charge in [-0.25, -0.2) is 4.98 Å². The van der Waals surface area contributed by atoms with Crippen LogP contribution in [-0.4, -0.2) is 10.9 Å². The number of amides is 1. The Morgan fingerprint density at radius 3 is 3.07 bits per heavy atom. The van der Waals surface area contributed by atoms with Crippen molar-refractivity contribution in [1.29, 1.82) is 0 Å². The zero-order chi connectivity index (χ0) is 19.0. The number of hydrogen-bond acceptors (Lipinski definition) is 4. The highest BCUT2D eigenvalue weighted by atomic mass is 35.5. The van der Waals surface area contributed by atoms with Crippen molar-refractivity contribution < 1.29 is 4.79 Å². The van der Waals surface area contributed by atoms with Gasteiger partial charge in [-0.1, -0.05) is 30.1 Å². The minimum Gasteiger partial charge on any atom is -0.298 e. The highest BCUT2D eigenvalue weighted by Gasteiger charge is 2.23.